The second kappa shape index (κ2) is 4.84. The van der Waals surface area contributed by atoms with Gasteiger partial charge in [0, 0.05) is 17.7 Å². The highest BCUT2D eigenvalue weighted by atomic mass is 16.7. The lowest BCUT2D eigenvalue weighted by atomic mass is 10.1. The molecule has 2 aromatic rings. The summed E-state index contributed by atoms with van der Waals surface area (Å²) < 4.78 is 15.8. The summed E-state index contributed by atoms with van der Waals surface area (Å²) in [5, 5.41) is 10.8. The minimum atomic E-state index is -0.601. The molecule has 7 nitrogen and oxygen atoms in total. The van der Waals surface area contributed by atoms with Crippen LogP contribution < -0.4 is 9.47 Å². The number of carbonyl (C=O) groups is 1. The molecular weight excluding hydrogens is 302 g/mol. The summed E-state index contributed by atoms with van der Waals surface area (Å²) in [5.41, 5.74) is 1.33. The average molecular weight is 311 g/mol. The van der Waals surface area contributed by atoms with Crippen LogP contribution in [0.1, 0.15) is 21.5 Å². The number of non-ortho nitro benzene ring substituents is 1. The normalized spacial score (nSPS) is 16.3. The van der Waals surface area contributed by atoms with E-state index in [4.69, 9.17) is 14.2 Å². The zero-order chi connectivity index (χ0) is 16.0. The molecule has 2 heterocycles. The maximum absolute atomic E-state index is 11.9. The molecule has 0 fully saturated rings. The fraction of sp³-hybridized carbons (Fsp3) is 0.0625. The number of rotatable bonds is 2. The number of nitrogens with zero attached hydrogens (tertiary/aromatic N) is 1. The summed E-state index contributed by atoms with van der Waals surface area (Å²) in [7, 11) is 0. The highest BCUT2D eigenvalue weighted by Gasteiger charge is 2.28. The van der Waals surface area contributed by atoms with Crippen molar-refractivity contribution in [3.63, 3.8) is 0 Å². The number of cyclic esters (lactones) is 1. The van der Waals surface area contributed by atoms with E-state index in [-0.39, 0.29) is 18.0 Å². The largest absolute Gasteiger partial charge is 0.454 e. The van der Waals surface area contributed by atoms with Crippen LogP contribution in [0.3, 0.4) is 0 Å². The van der Waals surface area contributed by atoms with Crippen LogP contribution in [0.5, 0.6) is 11.5 Å². The van der Waals surface area contributed by atoms with E-state index >= 15 is 0 Å². The van der Waals surface area contributed by atoms with Gasteiger partial charge in [0.1, 0.15) is 5.76 Å². The smallest absolute Gasteiger partial charge is 0.344 e. The molecule has 7 heteroatoms. The zero-order valence-corrected chi connectivity index (χ0v) is 11.6. The van der Waals surface area contributed by atoms with Crippen molar-refractivity contribution in [3.05, 3.63) is 63.2 Å². The predicted octanol–water partition coefficient (Wildman–Crippen LogP) is 2.99. The van der Waals surface area contributed by atoms with Crippen LogP contribution in [-0.4, -0.2) is 17.7 Å². The lowest BCUT2D eigenvalue weighted by Gasteiger charge is -2.01. The maximum atomic E-state index is 11.9. The first-order valence-electron chi connectivity index (χ1n) is 6.74. The Morgan fingerprint density at radius 3 is 2.70 bits per heavy atom. The molecule has 0 N–H and O–H groups in total. The van der Waals surface area contributed by atoms with Crippen molar-refractivity contribution >= 4 is 23.5 Å². The van der Waals surface area contributed by atoms with Gasteiger partial charge in [0.05, 0.1) is 10.5 Å². The maximum Gasteiger partial charge on any atom is 0.344 e. The lowest BCUT2D eigenvalue weighted by molar-refractivity contribution is -0.384. The fourth-order valence-corrected chi connectivity index (χ4v) is 2.50. The number of nitro groups is 1. The molecule has 0 atom stereocenters. The Balaban J connectivity index is 1.75. The molecule has 4 rings (SSSR count). The van der Waals surface area contributed by atoms with Gasteiger partial charge in [-0.25, -0.2) is 4.79 Å². The molecule has 0 aromatic heterocycles. The summed E-state index contributed by atoms with van der Waals surface area (Å²) >= 11 is 0. The van der Waals surface area contributed by atoms with Crippen molar-refractivity contribution in [2.24, 2.45) is 0 Å². The number of benzene rings is 2. The second-order valence-corrected chi connectivity index (χ2v) is 5.00. The van der Waals surface area contributed by atoms with Gasteiger partial charge in [-0.2, -0.15) is 0 Å². The van der Waals surface area contributed by atoms with E-state index in [1.807, 2.05) is 0 Å². The van der Waals surface area contributed by atoms with Gasteiger partial charge in [0.2, 0.25) is 6.79 Å². The molecule has 0 saturated heterocycles. The number of esters is 1. The third-order valence-electron chi connectivity index (χ3n) is 3.60. The number of carbonyl (C=O) groups excluding carboxylic acids is 1. The fourth-order valence-electron chi connectivity index (χ4n) is 2.50. The third kappa shape index (κ3) is 2.18. The Bertz CT molecular complexity index is 886. The number of ether oxygens (including phenoxy) is 3. The summed E-state index contributed by atoms with van der Waals surface area (Å²) in [6, 6.07) is 9.41. The van der Waals surface area contributed by atoms with Crippen LogP contribution in [0.15, 0.2) is 36.4 Å². The van der Waals surface area contributed by atoms with E-state index in [0.717, 1.165) is 5.56 Å². The number of hydrogen-bond acceptors (Lipinski definition) is 6. The summed E-state index contributed by atoms with van der Waals surface area (Å²) in [5.74, 6) is 1.02. The van der Waals surface area contributed by atoms with Crippen molar-refractivity contribution in [1.29, 1.82) is 0 Å². The molecule has 0 amide bonds. The average Bonchev–Trinajstić information content (AvgIpc) is 3.12. The Kier molecular flexibility index (Phi) is 2.80. The summed E-state index contributed by atoms with van der Waals surface area (Å²) in [4.78, 5) is 22.2. The van der Waals surface area contributed by atoms with Crippen LogP contribution in [0.4, 0.5) is 5.69 Å². The van der Waals surface area contributed by atoms with E-state index in [1.54, 1.807) is 24.3 Å². The van der Waals surface area contributed by atoms with E-state index in [0.29, 0.717) is 22.8 Å². The summed E-state index contributed by atoms with van der Waals surface area (Å²) in [6.45, 7) is 0.177. The van der Waals surface area contributed by atoms with Crippen LogP contribution in [0.25, 0.3) is 11.8 Å². The molecule has 0 radical (unpaired) electrons. The van der Waals surface area contributed by atoms with Gasteiger partial charge in [-0.15, -0.1) is 0 Å². The topological polar surface area (TPSA) is 87.9 Å². The molecular formula is C16H9NO6. The molecule has 0 spiro atoms. The first-order chi connectivity index (χ1) is 11.1. The van der Waals surface area contributed by atoms with Gasteiger partial charge in [-0.3, -0.25) is 10.1 Å². The Hall–Kier alpha value is -3.35. The molecule has 23 heavy (non-hydrogen) atoms. The molecule has 0 unspecified atom stereocenters. The molecule has 2 aromatic carbocycles. The Morgan fingerprint density at radius 1 is 1.04 bits per heavy atom. The van der Waals surface area contributed by atoms with Gasteiger partial charge in [-0.1, -0.05) is 6.07 Å². The minimum Gasteiger partial charge on any atom is -0.454 e. The van der Waals surface area contributed by atoms with Crippen LogP contribution >= 0.6 is 0 Å². The molecule has 2 aliphatic heterocycles. The van der Waals surface area contributed by atoms with Crippen LogP contribution in [0.2, 0.25) is 0 Å². The minimum absolute atomic E-state index is 0.148. The highest BCUT2D eigenvalue weighted by Crippen LogP contribution is 2.36. The van der Waals surface area contributed by atoms with E-state index in [2.05, 4.69) is 0 Å². The first-order valence-corrected chi connectivity index (χ1v) is 6.74. The van der Waals surface area contributed by atoms with Crippen molar-refractivity contribution in [2.75, 3.05) is 6.79 Å². The van der Waals surface area contributed by atoms with Crippen LogP contribution in [0, 0.1) is 10.1 Å². The van der Waals surface area contributed by atoms with Crippen LogP contribution in [-0.2, 0) is 4.74 Å². The van der Waals surface area contributed by atoms with Crippen molar-refractivity contribution < 1.29 is 23.9 Å². The Morgan fingerprint density at radius 2 is 1.87 bits per heavy atom. The van der Waals surface area contributed by atoms with Gasteiger partial charge < -0.3 is 14.2 Å². The highest BCUT2D eigenvalue weighted by molar-refractivity contribution is 6.06. The molecule has 2 aliphatic rings. The first kappa shape index (κ1) is 13.3. The van der Waals surface area contributed by atoms with Crippen molar-refractivity contribution in [2.45, 2.75) is 0 Å². The van der Waals surface area contributed by atoms with E-state index in [9.17, 15) is 14.9 Å². The molecule has 0 bridgehead atoms. The number of hydrogen-bond donors (Lipinski definition) is 0. The molecule has 0 aliphatic carbocycles. The predicted molar refractivity (Wildman–Crippen MR) is 78.9 cm³/mol. The third-order valence-corrected chi connectivity index (χ3v) is 3.60. The SMILES string of the molecule is O=C1O/C(=C/c2ccc3c(c2)OCO3)c2ccc([N+](=O)[O-])cc21. The van der Waals surface area contributed by atoms with E-state index in [1.165, 1.54) is 18.2 Å². The van der Waals surface area contributed by atoms with Gasteiger partial charge in [-0.05, 0) is 29.8 Å². The van der Waals surface area contributed by atoms with Gasteiger partial charge in [0.25, 0.3) is 5.69 Å². The standard InChI is InChI=1S/C16H9NO6/c18-16-12-7-10(17(19)20)2-3-11(12)14(23-16)5-9-1-4-13-15(6-9)22-8-21-13/h1-7H,8H2/b14-5+. The van der Waals surface area contributed by atoms with Gasteiger partial charge >= 0.3 is 5.97 Å². The quantitative estimate of drug-likeness (QED) is 0.481. The Labute approximate surface area is 129 Å². The van der Waals surface area contributed by atoms with E-state index < -0.39 is 10.9 Å². The lowest BCUT2D eigenvalue weighted by Crippen LogP contribution is -1.95. The molecule has 114 valence electrons. The monoisotopic (exact) mass is 311 g/mol. The van der Waals surface area contributed by atoms with Gasteiger partial charge in [0.15, 0.2) is 11.5 Å². The number of nitro benzene ring substituents is 1. The summed E-state index contributed by atoms with van der Waals surface area (Å²) in [6.07, 6.45) is 1.68. The molecule has 0 saturated carbocycles. The zero-order valence-electron chi connectivity index (χ0n) is 11.6. The number of fused-ring (bicyclic) bond motifs is 2. The van der Waals surface area contributed by atoms with Crippen molar-refractivity contribution in [3.8, 4) is 11.5 Å². The second-order valence-electron chi connectivity index (χ2n) is 5.00. The van der Waals surface area contributed by atoms with Crippen molar-refractivity contribution in [1.82, 2.24) is 0 Å².